The lowest BCUT2D eigenvalue weighted by Gasteiger charge is -2.10. The second-order valence-corrected chi connectivity index (χ2v) is 3.77. The maximum Gasteiger partial charge on any atom is 0.416 e. The highest BCUT2D eigenvalue weighted by Gasteiger charge is 2.29. The van der Waals surface area contributed by atoms with Gasteiger partial charge in [0.1, 0.15) is 0 Å². The summed E-state index contributed by atoms with van der Waals surface area (Å²) in [5, 5.41) is 3.01. The van der Waals surface area contributed by atoms with E-state index >= 15 is 0 Å². The molecule has 2 nitrogen and oxygen atoms in total. The quantitative estimate of drug-likeness (QED) is 0.837. The molecule has 0 aliphatic carbocycles. The Kier molecular flexibility index (Phi) is 4.18. The SMILES string of the molecule is CC(N)CCNc1ccc(C(F)(F)F)cc1. The highest BCUT2D eigenvalue weighted by Crippen LogP contribution is 2.29. The third-order valence-corrected chi connectivity index (χ3v) is 2.14. The Labute approximate surface area is 92.6 Å². The van der Waals surface area contributed by atoms with Crippen molar-refractivity contribution in [1.29, 1.82) is 0 Å². The van der Waals surface area contributed by atoms with Gasteiger partial charge in [0.25, 0.3) is 0 Å². The summed E-state index contributed by atoms with van der Waals surface area (Å²) >= 11 is 0. The van der Waals surface area contributed by atoms with Crippen molar-refractivity contribution in [2.24, 2.45) is 5.73 Å². The van der Waals surface area contributed by atoms with Crippen molar-refractivity contribution in [3.63, 3.8) is 0 Å². The first-order valence-electron chi connectivity index (χ1n) is 5.06. The summed E-state index contributed by atoms with van der Waals surface area (Å²) in [5.41, 5.74) is 5.59. The molecule has 0 aliphatic rings. The van der Waals surface area contributed by atoms with Gasteiger partial charge in [-0.2, -0.15) is 13.2 Å². The molecule has 16 heavy (non-hydrogen) atoms. The van der Waals surface area contributed by atoms with E-state index in [2.05, 4.69) is 5.32 Å². The number of benzene rings is 1. The van der Waals surface area contributed by atoms with E-state index in [1.54, 1.807) is 0 Å². The number of hydrogen-bond donors (Lipinski definition) is 2. The Morgan fingerprint density at radius 3 is 2.25 bits per heavy atom. The molecule has 90 valence electrons. The standard InChI is InChI=1S/C11H15F3N2/c1-8(15)6-7-16-10-4-2-9(3-5-10)11(12,13)14/h2-5,8,16H,6-7,15H2,1H3. The first kappa shape index (κ1) is 12.8. The van der Waals surface area contributed by atoms with E-state index < -0.39 is 11.7 Å². The number of anilines is 1. The van der Waals surface area contributed by atoms with E-state index in [9.17, 15) is 13.2 Å². The number of halogens is 3. The molecule has 1 atom stereocenters. The van der Waals surface area contributed by atoms with Crippen LogP contribution in [0.2, 0.25) is 0 Å². The zero-order valence-electron chi connectivity index (χ0n) is 9.01. The second-order valence-electron chi connectivity index (χ2n) is 3.77. The molecule has 0 amide bonds. The van der Waals surface area contributed by atoms with Gasteiger partial charge in [0.2, 0.25) is 0 Å². The van der Waals surface area contributed by atoms with E-state index in [1.165, 1.54) is 12.1 Å². The van der Waals surface area contributed by atoms with Crippen LogP contribution in [0, 0.1) is 0 Å². The smallest absolute Gasteiger partial charge is 0.385 e. The van der Waals surface area contributed by atoms with Crippen molar-refractivity contribution in [3.05, 3.63) is 29.8 Å². The van der Waals surface area contributed by atoms with Crippen LogP contribution in [0.1, 0.15) is 18.9 Å². The van der Waals surface area contributed by atoms with Crippen LogP contribution < -0.4 is 11.1 Å². The lowest BCUT2D eigenvalue weighted by atomic mass is 10.2. The van der Waals surface area contributed by atoms with Crippen molar-refractivity contribution in [3.8, 4) is 0 Å². The maximum atomic E-state index is 12.2. The summed E-state index contributed by atoms with van der Waals surface area (Å²) in [6.45, 7) is 2.54. The van der Waals surface area contributed by atoms with Gasteiger partial charge in [-0.15, -0.1) is 0 Å². The molecule has 5 heteroatoms. The molecule has 1 rings (SSSR count). The van der Waals surface area contributed by atoms with Crippen molar-refractivity contribution >= 4 is 5.69 Å². The number of alkyl halides is 3. The Morgan fingerprint density at radius 1 is 1.25 bits per heavy atom. The van der Waals surface area contributed by atoms with Crippen molar-refractivity contribution in [2.45, 2.75) is 25.6 Å². The third-order valence-electron chi connectivity index (χ3n) is 2.14. The first-order valence-corrected chi connectivity index (χ1v) is 5.06. The second kappa shape index (κ2) is 5.21. The summed E-state index contributed by atoms with van der Waals surface area (Å²) in [6, 6.07) is 5.05. The topological polar surface area (TPSA) is 38.0 Å². The zero-order chi connectivity index (χ0) is 12.2. The highest BCUT2D eigenvalue weighted by atomic mass is 19.4. The Morgan fingerprint density at radius 2 is 1.81 bits per heavy atom. The van der Waals surface area contributed by atoms with Crippen molar-refractivity contribution < 1.29 is 13.2 Å². The summed E-state index contributed by atoms with van der Waals surface area (Å²) < 4.78 is 36.7. The van der Waals surface area contributed by atoms with Crippen molar-refractivity contribution in [2.75, 3.05) is 11.9 Å². The molecule has 3 N–H and O–H groups in total. The highest BCUT2D eigenvalue weighted by molar-refractivity contribution is 5.45. The van der Waals surface area contributed by atoms with Gasteiger partial charge in [-0.25, -0.2) is 0 Å². The molecule has 0 spiro atoms. The number of nitrogens with one attached hydrogen (secondary N) is 1. The van der Waals surface area contributed by atoms with Gasteiger partial charge in [0.05, 0.1) is 5.56 Å². The normalized spacial score (nSPS) is 13.6. The van der Waals surface area contributed by atoms with Crippen LogP contribution in [0.3, 0.4) is 0 Å². The monoisotopic (exact) mass is 232 g/mol. The van der Waals surface area contributed by atoms with Crippen LogP contribution in [-0.4, -0.2) is 12.6 Å². The third kappa shape index (κ3) is 4.10. The molecule has 0 radical (unpaired) electrons. The van der Waals surface area contributed by atoms with Crippen LogP contribution in [0.15, 0.2) is 24.3 Å². The average Bonchev–Trinajstić information content (AvgIpc) is 2.16. The number of rotatable bonds is 4. The van der Waals surface area contributed by atoms with Crippen molar-refractivity contribution in [1.82, 2.24) is 0 Å². The van der Waals surface area contributed by atoms with Crippen LogP contribution in [-0.2, 0) is 6.18 Å². The van der Waals surface area contributed by atoms with E-state index in [-0.39, 0.29) is 6.04 Å². The van der Waals surface area contributed by atoms with E-state index in [0.717, 1.165) is 18.6 Å². The predicted molar refractivity (Wildman–Crippen MR) is 58.2 cm³/mol. The fourth-order valence-electron chi connectivity index (χ4n) is 1.22. The molecular weight excluding hydrogens is 217 g/mol. The molecule has 1 unspecified atom stereocenters. The minimum Gasteiger partial charge on any atom is -0.385 e. The molecule has 1 aromatic rings. The summed E-state index contributed by atoms with van der Waals surface area (Å²) in [6.07, 6.45) is -3.49. The molecule has 0 saturated carbocycles. The van der Waals surface area contributed by atoms with Gasteiger partial charge < -0.3 is 11.1 Å². The van der Waals surface area contributed by atoms with Crippen LogP contribution >= 0.6 is 0 Å². The molecule has 1 aromatic carbocycles. The molecule has 0 bridgehead atoms. The zero-order valence-corrected chi connectivity index (χ0v) is 9.01. The lowest BCUT2D eigenvalue weighted by molar-refractivity contribution is -0.137. The molecule has 0 aromatic heterocycles. The van der Waals surface area contributed by atoms with E-state index in [4.69, 9.17) is 5.73 Å². The summed E-state index contributed by atoms with van der Waals surface area (Å²) in [4.78, 5) is 0. The van der Waals surface area contributed by atoms with Gasteiger partial charge in [-0.3, -0.25) is 0 Å². The first-order chi connectivity index (χ1) is 7.39. The number of hydrogen-bond acceptors (Lipinski definition) is 2. The molecule has 0 heterocycles. The predicted octanol–water partition coefficient (Wildman–Crippen LogP) is 2.85. The summed E-state index contributed by atoms with van der Waals surface area (Å²) in [5.74, 6) is 0. The lowest BCUT2D eigenvalue weighted by Crippen LogP contribution is -2.19. The van der Waals surface area contributed by atoms with Crippen LogP contribution in [0.5, 0.6) is 0 Å². The van der Waals surface area contributed by atoms with Crippen LogP contribution in [0.25, 0.3) is 0 Å². The minimum atomic E-state index is -4.27. The Hall–Kier alpha value is -1.23. The van der Waals surface area contributed by atoms with Gasteiger partial charge in [0, 0.05) is 18.3 Å². The Bertz CT molecular complexity index is 317. The average molecular weight is 232 g/mol. The Balaban J connectivity index is 2.52. The van der Waals surface area contributed by atoms with Gasteiger partial charge in [-0.1, -0.05) is 0 Å². The van der Waals surface area contributed by atoms with Crippen LogP contribution in [0.4, 0.5) is 18.9 Å². The largest absolute Gasteiger partial charge is 0.416 e. The molecule has 0 saturated heterocycles. The molecule has 0 fully saturated rings. The van der Waals surface area contributed by atoms with E-state index in [1.807, 2.05) is 6.92 Å². The maximum absolute atomic E-state index is 12.2. The van der Waals surface area contributed by atoms with Gasteiger partial charge in [0.15, 0.2) is 0 Å². The summed E-state index contributed by atoms with van der Waals surface area (Å²) in [7, 11) is 0. The fourth-order valence-corrected chi connectivity index (χ4v) is 1.22. The fraction of sp³-hybridized carbons (Fsp3) is 0.455. The molecule has 0 aliphatic heterocycles. The van der Waals surface area contributed by atoms with Gasteiger partial charge >= 0.3 is 6.18 Å². The molecular formula is C11H15F3N2. The van der Waals surface area contributed by atoms with E-state index in [0.29, 0.717) is 12.2 Å². The van der Waals surface area contributed by atoms with Gasteiger partial charge in [-0.05, 0) is 37.6 Å². The number of nitrogens with two attached hydrogens (primary N) is 1. The minimum absolute atomic E-state index is 0.0851.